The van der Waals surface area contributed by atoms with E-state index in [-0.39, 0.29) is 6.61 Å². The molecule has 0 atom stereocenters. The number of fused-ring (bicyclic) bond motifs is 1. The predicted molar refractivity (Wildman–Crippen MR) is 77.8 cm³/mol. The molecule has 0 saturated carbocycles. The maximum absolute atomic E-state index is 9.57. The molecule has 0 amide bonds. The van der Waals surface area contributed by atoms with Crippen LogP contribution in [0.2, 0.25) is 0 Å². The van der Waals surface area contributed by atoms with E-state index >= 15 is 0 Å². The Morgan fingerprint density at radius 1 is 1.00 bits per heavy atom. The molecule has 0 unspecified atom stereocenters. The number of hydrogen-bond acceptors (Lipinski definition) is 2. The van der Waals surface area contributed by atoms with Crippen LogP contribution in [0.5, 0.6) is 0 Å². The number of hydrogen-bond donors (Lipinski definition) is 1. The standard InChI is InChI=1S/C17H15NO/c1-12-6-5-9-14-10-15(11-19)17(18-16(12)14)13-7-3-2-4-8-13/h2-10,19H,11H2,1H3. The molecule has 0 aliphatic carbocycles. The van der Waals surface area contributed by atoms with Crippen molar-refractivity contribution in [1.29, 1.82) is 0 Å². The van der Waals surface area contributed by atoms with Gasteiger partial charge in [-0.3, -0.25) is 0 Å². The molecule has 0 saturated heterocycles. The van der Waals surface area contributed by atoms with Gasteiger partial charge in [-0.05, 0) is 18.6 Å². The molecule has 0 spiro atoms. The van der Waals surface area contributed by atoms with Crippen LogP contribution in [0, 0.1) is 6.92 Å². The van der Waals surface area contributed by atoms with E-state index in [0.717, 1.165) is 33.3 Å². The predicted octanol–water partition coefficient (Wildman–Crippen LogP) is 3.70. The van der Waals surface area contributed by atoms with Gasteiger partial charge in [0.05, 0.1) is 17.8 Å². The molecule has 2 nitrogen and oxygen atoms in total. The SMILES string of the molecule is Cc1cccc2cc(CO)c(-c3ccccc3)nc12. The van der Waals surface area contributed by atoms with Crippen LogP contribution in [0.1, 0.15) is 11.1 Å². The number of aliphatic hydroxyl groups excluding tert-OH is 1. The summed E-state index contributed by atoms with van der Waals surface area (Å²) in [4.78, 5) is 4.76. The van der Waals surface area contributed by atoms with Crippen molar-refractivity contribution >= 4 is 10.9 Å². The Balaban J connectivity index is 2.32. The third-order valence-electron chi connectivity index (χ3n) is 3.34. The van der Waals surface area contributed by atoms with Gasteiger partial charge in [-0.1, -0.05) is 48.5 Å². The molecule has 1 N–H and O–H groups in total. The van der Waals surface area contributed by atoms with E-state index in [0.29, 0.717) is 0 Å². The summed E-state index contributed by atoms with van der Waals surface area (Å²) in [5.74, 6) is 0. The summed E-state index contributed by atoms with van der Waals surface area (Å²) in [6.45, 7) is 2.06. The zero-order valence-corrected chi connectivity index (χ0v) is 10.8. The van der Waals surface area contributed by atoms with E-state index in [2.05, 4.69) is 13.0 Å². The molecule has 2 aromatic carbocycles. The van der Waals surface area contributed by atoms with Crippen molar-refractivity contribution in [1.82, 2.24) is 4.98 Å². The fraction of sp³-hybridized carbons (Fsp3) is 0.118. The average Bonchev–Trinajstić information content (AvgIpc) is 2.47. The van der Waals surface area contributed by atoms with E-state index in [4.69, 9.17) is 4.98 Å². The van der Waals surface area contributed by atoms with Gasteiger partial charge in [0.25, 0.3) is 0 Å². The van der Waals surface area contributed by atoms with Crippen molar-refractivity contribution in [2.24, 2.45) is 0 Å². The number of pyridine rings is 1. The minimum Gasteiger partial charge on any atom is -0.392 e. The highest BCUT2D eigenvalue weighted by atomic mass is 16.3. The number of benzene rings is 2. The van der Waals surface area contributed by atoms with E-state index in [1.807, 2.05) is 48.5 Å². The van der Waals surface area contributed by atoms with Crippen LogP contribution in [0.4, 0.5) is 0 Å². The number of rotatable bonds is 2. The maximum Gasteiger partial charge on any atom is 0.0764 e. The van der Waals surface area contributed by atoms with Crippen LogP contribution in [0.25, 0.3) is 22.2 Å². The van der Waals surface area contributed by atoms with Crippen LogP contribution in [0.3, 0.4) is 0 Å². The molecule has 1 heterocycles. The van der Waals surface area contributed by atoms with Crippen LogP contribution in [-0.2, 0) is 6.61 Å². The summed E-state index contributed by atoms with van der Waals surface area (Å²) in [7, 11) is 0. The summed E-state index contributed by atoms with van der Waals surface area (Å²) >= 11 is 0. The average molecular weight is 249 g/mol. The molecule has 0 fully saturated rings. The molecular formula is C17H15NO. The largest absolute Gasteiger partial charge is 0.392 e. The van der Waals surface area contributed by atoms with Crippen molar-refractivity contribution in [3.8, 4) is 11.3 Å². The normalized spacial score (nSPS) is 10.8. The fourth-order valence-electron chi connectivity index (χ4n) is 2.36. The first-order valence-corrected chi connectivity index (χ1v) is 6.35. The van der Waals surface area contributed by atoms with E-state index in [1.54, 1.807) is 0 Å². The summed E-state index contributed by atoms with van der Waals surface area (Å²) in [5.41, 5.74) is 4.92. The van der Waals surface area contributed by atoms with Crippen molar-refractivity contribution in [2.75, 3.05) is 0 Å². The number of nitrogens with zero attached hydrogens (tertiary/aromatic N) is 1. The van der Waals surface area contributed by atoms with Gasteiger partial charge in [0.2, 0.25) is 0 Å². The molecule has 2 heteroatoms. The first-order valence-electron chi connectivity index (χ1n) is 6.35. The van der Waals surface area contributed by atoms with Crippen molar-refractivity contribution in [3.63, 3.8) is 0 Å². The molecule has 0 radical (unpaired) electrons. The molecule has 3 aromatic rings. The van der Waals surface area contributed by atoms with Gasteiger partial charge < -0.3 is 5.11 Å². The van der Waals surface area contributed by atoms with Crippen LogP contribution < -0.4 is 0 Å². The zero-order valence-electron chi connectivity index (χ0n) is 10.8. The molecule has 0 aliphatic rings. The monoisotopic (exact) mass is 249 g/mol. The highest BCUT2D eigenvalue weighted by Crippen LogP contribution is 2.27. The first-order chi connectivity index (χ1) is 9.29. The second kappa shape index (κ2) is 4.82. The molecule has 0 aliphatic heterocycles. The van der Waals surface area contributed by atoms with Gasteiger partial charge in [0, 0.05) is 16.5 Å². The number of aliphatic hydroxyl groups is 1. The molecule has 19 heavy (non-hydrogen) atoms. The van der Waals surface area contributed by atoms with Crippen LogP contribution in [-0.4, -0.2) is 10.1 Å². The van der Waals surface area contributed by atoms with Gasteiger partial charge in [-0.15, -0.1) is 0 Å². The van der Waals surface area contributed by atoms with Gasteiger partial charge in [0.15, 0.2) is 0 Å². The van der Waals surface area contributed by atoms with Gasteiger partial charge in [-0.25, -0.2) is 4.98 Å². The number of aryl methyl sites for hydroxylation is 1. The van der Waals surface area contributed by atoms with Crippen LogP contribution >= 0.6 is 0 Å². The maximum atomic E-state index is 9.57. The van der Waals surface area contributed by atoms with Crippen molar-refractivity contribution in [3.05, 3.63) is 65.7 Å². The topological polar surface area (TPSA) is 33.1 Å². The van der Waals surface area contributed by atoms with Gasteiger partial charge in [0.1, 0.15) is 0 Å². The Labute approximate surface area is 112 Å². The Morgan fingerprint density at radius 2 is 1.79 bits per heavy atom. The molecule has 3 rings (SSSR count). The quantitative estimate of drug-likeness (QED) is 0.751. The Morgan fingerprint density at radius 3 is 2.53 bits per heavy atom. The highest BCUT2D eigenvalue weighted by Gasteiger charge is 2.09. The number of para-hydroxylation sites is 1. The van der Waals surface area contributed by atoms with E-state index in [1.165, 1.54) is 0 Å². The lowest BCUT2D eigenvalue weighted by molar-refractivity contribution is 0.282. The summed E-state index contributed by atoms with van der Waals surface area (Å²) < 4.78 is 0. The number of aromatic nitrogens is 1. The smallest absolute Gasteiger partial charge is 0.0764 e. The molecule has 0 bridgehead atoms. The summed E-state index contributed by atoms with van der Waals surface area (Å²) in [6.07, 6.45) is 0. The third kappa shape index (κ3) is 2.11. The Bertz CT molecular complexity index is 720. The van der Waals surface area contributed by atoms with E-state index in [9.17, 15) is 5.11 Å². The second-order valence-corrected chi connectivity index (χ2v) is 4.67. The van der Waals surface area contributed by atoms with E-state index < -0.39 is 0 Å². The fourth-order valence-corrected chi connectivity index (χ4v) is 2.36. The molecular weight excluding hydrogens is 234 g/mol. The van der Waals surface area contributed by atoms with Gasteiger partial charge >= 0.3 is 0 Å². The van der Waals surface area contributed by atoms with Crippen LogP contribution in [0.15, 0.2) is 54.6 Å². The van der Waals surface area contributed by atoms with Crippen molar-refractivity contribution < 1.29 is 5.11 Å². The minimum absolute atomic E-state index is 0.00110. The van der Waals surface area contributed by atoms with Gasteiger partial charge in [-0.2, -0.15) is 0 Å². The van der Waals surface area contributed by atoms with Crippen molar-refractivity contribution in [2.45, 2.75) is 13.5 Å². The first kappa shape index (κ1) is 11.9. The zero-order chi connectivity index (χ0) is 13.2. The minimum atomic E-state index is 0.00110. The Hall–Kier alpha value is -2.19. The lowest BCUT2D eigenvalue weighted by atomic mass is 10.0. The summed E-state index contributed by atoms with van der Waals surface area (Å²) in [5, 5.41) is 10.6. The second-order valence-electron chi connectivity index (χ2n) is 4.67. The lowest BCUT2D eigenvalue weighted by Crippen LogP contribution is -1.95. The highest BCUT2D eigenvalue weighted by molar-refractivity contribution is 5.85. The summed E-state index contributed by atoms with van der Waals surface area (Å²) in [6, 6.07) is 18.1. The molecule has 94 valence electrons. The Kier molecular flexibility index (Phi) is 3.02. The lowest BCUT2D eigenvalue weighted by Gasteiger charge is -2.10. The third-order valence-corrected chi connectivity index (χ3v) is 3.34. The molecule has 1 aromatic heterocycles.